The number of anilines is 2. The van der Waals surface area contributed by atoms with E-state index in [1.165, 1.54) is 0 Å². The van der Waals surface area contributed by atoms with Crippen molar-refractivity contribution >= 4 is 17.4 Å². The average Bonchev–Trinajstić information content (AvgIpc) is 2.85. The first kappa shape index (κ1) is 13.6. The van der Waals surface area contributed by atoms with E-state index in [1.807, 2.05) is 0 Å². The number of rotatable bonds is 5. The molecular weight excluding hydrogens is 256 g/mol. The Morgan fingerprint density at radius 3 is 2.75 bits per heavy atom. The molecule has 0 fully saturated rings. The van der Waals surface area contributed by atoms with Gasteiger partial charge in [0, 0.05) is 24.7 Å². The molecule has 1 amide bonds. The number of nitriles is 1. The molecule has 0 unspecified atom stereocenters. The largest absolute Gasteiger partial charge is 0.385 e. The van der Waals surface area contributed by atoms with Gasteiger partial charge in [-0.05, 0) is 31.2 Å². The zero-order chi connectivity index (χ0) is 14.4. The third kappa shape index (κ3) is 3.85. The minimum Gasteiger partial charge on any atom is -0.385 e. The molecule has 0 saturated heterocycles. The summed E-state index contributed by atoms with van der Waals surface area (Å²) in [6.45, 7) is 2.25. The van der Waals surface area contributed by atoms with Crippen molar-refractivity contribution < 1.29 is 9.32 Å². The van der Waals surface area contributed by atoms with Crippen molar-refractivity contribution in [1.82, 2.24) is 5.16 Å². The van der Waals surface area contributed by atoms with Crippen LogP contribution in [0.15, 0.2) is 34.9 Å². The zero-order valence-corrected chi connectivity index (χ0v) is 11.0. The summed E-state index contributed by atoms with van der Waals surface area (Å²) in [4.78, 5) is 11.6. The van der Waals surface area contributed by atoms with Crippen LogP contribution in [0.5, 0.6) is 0 Å². The van der Waals surface area contributed by atoms with Crippen molar-refractivity contribution in [3.8, 4) is 6.07 Å². The maximum atomic E-state index is 11.6. The highest BCUT2D eigenvalue weighted by Crippen LogP contribution is 2.09. The van der Waals surface area contributed by atoms with E-state index in [9.17, 15) is 4.79 Å². The molecule has 0 spiro atoms. The second-order valence-electron chi connectivity index (χ2n) is 4.24. The Kier molecular flexibility index (Phi) is 4.35. The number of carbonyl (C=O) groups excluding carboxylic acids is 1. The number of nitrogens with one attached hydrogen (secondary N) is 2. The molecule has 2 N–H and O–H groups in total. The molecule has 6 nitrogen and oxygen atoms in total. The third-order valence-electron chi connectivity index (χ3n) is 2.59. The van der Waals surface area contributed by atoms with Crippen LogP contribution in [0.25, 0.3) is 0 Å². The Morgan fingerprint density at radius 2 is 2.15 bits per heavy atom. The van der Waals surface area contributed by atoms with Crippen LogP contribution in [0.2, 0.25) is 0 Å². The summed E-state index contributed by atoms with van der Waals surface area (Å²) >= 11 is 0. The Morgan fingerprint density at radius 1 is 1.40 bits per heavy atom. The normalized spacial score (nSPS) is 9.80. The fourth-order valence-corrected chi connectivity index (χ4v) is 1.61. The average molecular weight is 270 g/mol. The molecule has 1 aromatic carbocycles. The van der Waals surface area contributed by atoms with E-state index in [0.29, 0.717) is 30.1 Å². The maximum Gasteiger partial charge on any atom is 0.227 e. The number of benzene rings is 1. The molecule has 2 rings (SSSR count). The molecule has 2 aromatic rings. The summed E-state index contributed by atoms with van der Waals surface area (Å²) in [5, 5.41) is 18.1. The van der Waals surface area contributed by atoms with Gasteiger partial charge in [0.05, 0.1) is 11.6 Å². The number of amides is 1. The topological polar surface area (TPSA) is 91.0 Å². The van der Waals surface area contributed by atoms with E-state index in [-0.39, 0.29) is 5.91 Å². The molecular formula is C14H14N4O2. The molecule has 0 radical (unpaired) electrons. The molecule has 1 aromatic heterocycles. The molecule has 0 aliphatic rings. The minimum atomic E-state index is -0.139. The summed E-state index contributed by atoms with van der Waals surface area (Å²) in [6.07, 6.45) is 0.311. The molecule has 1 heterocycles. The molecule has 0 aliphatic heterocycles. The number of aryl methyl sites for hydroxylation is 1. The summed E-state index contributed by atoms with van der Waals surface area (Å²) in [5.74, 6) is 0.932. The molecule has 0 bridgehead atoms. The lowest BCUT2D eigenvalue weighted by Crippen LogP contribution is -2.16. The van der Waals surface area contributed by atoms with Gasteiger partial charge in [-0.3, -0.25) is 4.79 Å². The predicted octanol–water partition coefficient (Wildman–Crippen LogP) is 2.30. The first-order valence-electron chi connectivity index (χ1n) is 6.14. The summed E-state index contributed by atoms with van der Waals surface area (Å²) in [7, 11) is 0. The Hall–Kier alpha value is -2.81. The fraction of sp³-hybridized carbons (Fsp3) is 0.214. The van der Waals surface area contributed by atoms with Gasteiger partial charge in [0.15, 0.2) is 5.82 Å². The number of carbonyl (C=O) groups is 1. The summed E-state index contributed by atoms with van der Waals surface area (Å²) < 4.78 is 4.85. The van der Waals surface area contributed by atoms with Gasteiger partial charge in [0.25, 0.3) is 0 Å². The van der Waals surface area contributed by atoms with Crippen LogP contribution in [0.4, 0.5) is 11.5 Å². The van der Waals surface area contributed by atoms with Crippen LogP contribution in [0.3, 0.4) is 0 Å². The Labute approximate surface area is 116 Å². The monoisotopic (exact) mass is 270 g/mol. The molecule has 0 aliphatic carbocycles. The van der Waals surface area contributed by atoms with E-state index < -0.39 is 0 Å². The van der Waals surface area contributed by atoms with Gasteiger partial charge in [-0.1, -0.05) is 5.16 Å². The molecule has 0 saturated carbocycles. The smallest absolute Gasteiger partial charge is 0.227 e. The highest BCUT2D eigenvalue weighted by atomic mass is 16.5. The van der Waals surface area contributed by atoms with E-state index in [2.05, 4.69) is 21.9 Å². The van der Waals surface area contributed by atoms with E-state index in [1.54, 1.807) is 37.3 Å². The van der Waals surface area contributed by atoms with E-state index in [0.717, 1.165) is 5.69 Å². The Balaban J connectivity index is 1.75. The van der Waals surface area contributed by atoms with Gasteiger partial charge in [-0.25, -0.2) is 0 Å². The quantitative estimate of drug-likeness (QED) is 0.869. The zero-order valence-electron chi connectivity index (χ0n) is 11.0. The highest BCUT2D eigenvalue weighted by Gasteiger charge is 2.05. The van der Waals surface area contributed by atoms with Crippen LogP contribution in [0.1, 0.15) is 17.7 Å². The second-order valence-corrected chi connectivity index (χ2v) is 4.24. The van der Waals surface area contributed by atoms with Gasteiger partial charge in [0.2, 0.25) is 5.91 Å². The number of hydrogen-bond acceptors (Lipinski definition) is 5. The van der Waals surface area contributed by atoms with Gasteiger partial charge in [-0.2, -0.15) is 5.26 Å². The molecule has 20 heavy (non-hydrogen) atoms. The van der Waals surface area contributed by atoms with Gasteiger partial charge in [-0.15, -0.1) is 0 Å². The lowest BCUT2D eigenvalue weighted by atomic mass is 10.2. The first-order chi connectivity index (χ1) is 9.67. The van der Waals surface area contributed by atoms with Gasteiger partial charge < -0.3 is 15.2 Å². The maximum absolute atomic E-state index is 11.6. The van der Waals surface area contributed by atoms with E-state index in [4.69, 9.17) is 9.78 Å². The van der Waals surface area contributed by atoms with Crippen molar-refractivity contribution in [3.63, 3.8) is 0 Å². The number of aromatic nitrogens is 1. The van der Waals surface area contributed by atoms with Crippen molar-refractivity contribution in [1.29, 1.82) is 5.26 Å². The Bertz CT molecular complexity index is 625. The van der Waals surface area contributed by atoms with Crippen LogP contribution in [-0.2, 0) is 4.79 Å². The van der Waals surface area contributed by atoms with E-state index >= 15 is 0 Å². The molecule has 6 heteroatoms. The molecule has 102 valence electrons. The third-order valence-corrected chi connectivity index (χ3v) is 2.59. The SMILES string of the molecule is Cc1cc(NC(=O)CCNc2ccc(C#N)cc2)no1. The van der Waals surface area contributed by atoms with Gasteiger partial charge in [0.1, 0.15) is 5.76 Å². The van der Waals surface area contributed by atoms with Crippen molar-refractivity contribution in [2.45, 2.75) is 13.3 Å². The second kappa shape index (κ2) is 6.38. The summed E-state index contributed by atoms with van der Waals surface area (Å²) in [6, 6.07) is 10.8. The fourth-order valence-electron chi connectivity index (χ4n) is 1.61. The summed E-state index contributed by atoms with van der Waals surface area (Å²) in [5.41, 5.74) is 1.48. The lowest BCUT2D eigenvalue weighted by molar-refractivity contribution is -0.116. The van der Waals surface area contributed by atoms with Crippen LogP contribution < -0.4 is 10.6 Å². The van der Waals surface area contributed by atoms with Crippen molar-refractivity contribution in [2.24, 2.45) is 0 Å². The van der Waals surface area contributed by atoms with Crippen molar-refractivity contribution in [2.75, 3.05) is 17.2 Å². The lowest BCUT2D eigenvalue weighted by Gasteiger charge is -2.05. The standard InChI is InChI=1S/C14H14N4O2/c1-10-8-13(18-20-10)17-14(19)6-7-16-12-4-2-11(9-15)3-5-12/h2-5,8,16H,6-7H2,1H3,(H,17,18,19). The van der Waals surface area contributed by atoms with Crippen LogP contribution in [-0.4, -0.2) is 17.6 Å². The highest BCUT2D eigenvalue weighted by molar-refractivity contribution is 5.89. The molecule has 0 atom stereocenters. The van der Waals surface area contributed by atoms with Crippen LogP contribution in [0, 0.1) is 18.3 Å². The predicted molar refractivity (Wildman–Crippen MR) is 74.1 cm³/mol. The van der Waals surface area contributed by atoms with Crippen LogP contribution >= 0.6 is 0 Å². The van der Waals surface area contributed by atoms with Crippen molar-refractivity contribution in [3.05, 3.63) is 41.7 Å². The first-order valence-corrected chi connectivity index (χ1v) is 6.14. The minimum absolute atomic E-state index is 0.139. The number of hydrogen-bond donors (Lipinski definition) is 2. The van der Waals surface area contributed by atoms with Gasteiger partial charge >= 0.3 is 0 Å². The number of nitrogens with zero attached hydrogens (tertiary/aromatic N) is 2.